The number of hydrogen-bond donors (Lipinski definition) is 1. The SMILES string of the molecule is COc1cc2c(=O)n(COC(=O)C(C)(C)C)cnc2cc1OC(C)C1CCNCC1. The zero-order valence-electron chi connectivity index (χ0n) is 18.4. The summed E-state index contributed by atoms with van der Waals surface area (Å²) in [6, 6.07) is 3.37. The van der Waals surface area contributed by atoms with Crippen molar-refractivity contribution in [3.8, 4) is 11.5 Å². The minimum atomic E-state index is -0.644. The number of carbonyl (C=O) groups excluding carboxylic acids is 1. The summed E-state index contributed by atoms with van der Waals surface area (Å²) in [6.07, 6.45) is 3.53. The molecule has 1 saturated heterocycles. The third-order valence-electron chi connectivity index (χ3n) is 5.42. The van der Waals surface area contributed by atoms with E-state index >= 15 is 0 Å². The lowest BCUT2D eigenvalue weighted by molar-refractivity contribution is -0.157. The lowest BCUT2D eigenvalue weighted by atomic mass is 9.93. The molecule has 1 aliphatic heterocycles. The van der Waals surface area contributed by atoms with Crippen LogP contribution in [0, 0.1) is 11.3 Å². The van der Waals surface area contributed by atoms with E-state index in [1.165, 1.54) is 10.9 Å². The summed E-state index contributed by atoms with van der Waals surface area (Å²) >= 11 is 0. The molecule has 1 fully saturated rings. The topological polar surface area (TPSA) is 91.7 Å². The van der Waals surface area contributed by atoms with Crippen molar-refractivity contribution in [3.05, 3.63) is 28.8 Å². The number of ether oxygens (including phenoxy) is 3. The third kappa shape index (κ3) is 4.92. The molecule has 0 bridgehead atoms. The summed E-state index contributed by atoms with van der Waals surface area (Å²) in [4.78, 5) is 29.2. The molecule has 0 radical (unpaired) electrons. The molecular weight excluding hydrogens is 386 g/mol. The fourth-order valence-corrected chi connectivity index (χ4v) is 3.46. The summed E-state index contributed by atoms with van der Waals surface area (Å²) in [5, 5.41) is 3.74. The van der Waals surface area contributed by atoms with Crippen LogP contribution in [0.25, 0.3) is 10.9 Å². The number of piperidine rings is 1. The van der Waals surface area contributed by atoms with E-state index in [4.69, 9.17) is 14.2 Å². The van der Waals surface area contributed by atoms with Gasteiger partial charge in [-0.1, -0.05) is 0 Å². The Hall–Kier alpha value is -2.61. The molecule has 8 nitrogen and oxygen atoms in total. The lowest BCUT2D eigenvalue weighted by Crippen LogP contribution is -2.35. The van der Waals surface area contributed by atoms with Crippen molar-refractivity contribution in [2.45, 2.75) is 53.4 Å². The predicted octanol–water partition coefficient (Wildman–Crippen LogP) is 2.72. The Bertz CT molecular complexity index is 958. The van der Waals surface area contributed by atoms with Gasteiger partial charge in [-0.2, -0.15) is 0 Å². The van der Waals surface area contributed by atoms with Gasteiger partial charge in [0.1, 0.15) is 6.33 Å². The van der Waals surface area contributed by atoms with Crippen LogP contribution < -0.4 is 20.3 Å². The van der Waals surface area contributed by atoms with E-state index in [0.717, 1.165) is 25.9 Å². The molecule has 164 valence electrons. The molecule has 0 aliphatic carbocycles. The molecule has 1 unspecified atom stereocenters. The van der Waals surface area contributed by atoms with Crippen LogP contribution in [0.3, 0.4) is 0 Å². The van der Waals surface area contributed by atoms with Crippen molar-refractivity contribution < 1.29 is 19.0 Å². The van der Waals surface area contributed by atoms with Crippen LogP contribution in [0.2, 0.25) is 0 Å². The van der Waals surface area contributed by atoms with Crippen molar-refractivity contribution >= 4 is 16.9 Å². The highest BCUT2D eigenvalue weighted by Crippen LogP contribution is 2.33. The summed E-state index contributed by atoms with van der Waals surface area (Å²) in [6.45, 7) is 9.14. The fourth-order valence-electron chi connectivity index (χ4n) is 3.46. The predicted molar refractivity (Wildman–Crippen MR) is 114 cm³/mol. The Labute approximate surface area is 176 Å². The van der Waals surface area contributed by atoms with E-state index in [0.29, 0.717) is 28.3 Å². The van der Waals surface area contributed by atoms with Gasteiger partial charge in [-0.15, -0.1) is 0 Å². The fraction of sp³-hybridized carbons (Fsp3) is 0.591. The molecule has 1 atom stereocenters. The first-order valence-corrected chi connectivity index (χ1v) is 10.3. The number of aromatic nitrogens is 2. The lowest BCUT2D eigenvalue weighted by Gasteiger charge is -2.29. The van der Waals surface area contributed by atoms with Gasteiger partial charge in [-0.3, -0.25) is 14.2 Å². The molecule has 1 aromatic heterocycles. The van der Waals surface area contributed by atoms with Gasteiger partial charge in [0.2, 0.25) is 0 Å². The minimum Gasteiger partial charge on any atom is -0.493 e. The summed E-state index contributed by atoms with van der Waals surface area (Å²) < 4.78 is 18.2. The van der Waals surface area contributed by atoms with Crippen LogP contribution in [0.5, 0.6) is 11.5 Å². The normalized spacial score (nSPS) is 16.3. The Morgan fingerprint density at radius 3 is 2.60 bits per heavy atom. The Balaban J connectivity index is 1.84. The third-order valence-corrected chi connectivity index (χ3v) is 5.42. The average Bonchev–Trinajstić information content (AvgIpc) is 2.72. The largest absolute Gasteiger partial charge is 0.493 e. The number of rotatable bonds is 6. The maximum atomic E-state index is 12.9. The molecule has 1 N–H and O–H groups in total. The van der Waals surface area contributed by atoms with Gasteiger partial charge in [0.05, 0.1) is 29.5 Å². The standard InChI is InChI=1S/C22H31N3O5/c1-14(15-6-8-23-9-7-15)30-19-11-17-16(10-18(19)28-5)20(26)25(12-24-17)13-29-21(27)22(2,3)4/h10-12,14-15,23H,6-9,13H2,1-5H3. The smallest absolute Gasteiger partial charge is 0.312 e. The van der Waals surface area contributed by atoms with Crippen LogP contribution in [0.15, 0.2) is 23.3 Å². The maximum absolute atomic E-state index is 12.9. The van der Waals surface area contributed by atoms with Gasteiger partial charge in [-0.05, 0) is 65.6 Å². The summed E-state index contributed by atoms with van der Waals surface area (Å²) in [5.41, 5.74) is -0.446. The monoisotopic (exact) mass is 417 g/mol. The van der Waals surface area contributed by atoms with Crippen LogP contribution in [-0.4, -0.2) is 41.8 Å². The number of hydrogen-bond acceptors (Lipinski definition) is 7. The number of carbonyl (C=O) groups is 1. The van der Waals surface area contributed by atoms with Crippen molar-refractivity contribution in [2.24, 2.45) is 11.3 Å². The molecule has 0 saturated carbocycles. The second-order valence-electron chi connectivity index (χ2n) is 8.76. The number of methoxy groups -OCH3 is 1. The first kappa shape index (κ1) is 22.1. The van der Waals surface area contributed by atoms with Crippen molar-refractivity contribution in [2.75, 3.05) is 20.2 Å². The molecular formula is C22H31N3O5. The highest BCUT2D eigenvalue weighted by Gasteiger charge is 2.24. The van der Waals surface area contributed by atoms with E-state index in [-0.39, 0.29) is 24.4 Å². The molecule has 1 aromatic carbocycles. The first-order chi connectivity index (χ1) is 14.2. The Morgan fingerprint density at radius 1 is 1.27 bits per heavy atom. The van der Waals surface area contributed by atoms with Gasteiger partial charge in [0.25, 0.3) is 5.56 Å². The van der Waals surface area contributed by atoms with Gasteiger partial charge in [-0.25, -0.2) is 4.98 Å². The number of nitrogens with one attached hydrogen (secondary N) is 1. The second-order valence-corrected chi connectivity index (χ2v) is 8.76. The molecule has 2 heterocycles. The molecule has 0 spiro atoms. The maximum Gasteiger partial charge on any atom is 0.312 e. The molecule has 3 rings (SSSR count). The van der Waals surface area contributed by atoms with Gasteiger partial charge >= 0.3 is 5.97 Å². The zero-order valence-corrected chi connectivity index (χ0v) is 18.4. The van der Waals surface area contributed by atoms with Gasteiger partial charge in [0.15, 0.2) is 18.2 Å². The van der Waals surface area contributed by atoms with Gasteiger partial charge in [0, 0.05) is 6.07 Å². The van der Waals surface area contributed by atoms with E-state index in [2.05, 4.69) is 17.2 Å². The van der Waals surface area contributed by atoms with Crippen molar-refractivity contribution in [1.82, 2.24) is 14.9 Å². The van der Waals surface area contributed by atoms with Crippen molar-refractivity contribution in [3.63, 3.8) is 0 Å². The van der Waals surface area contributed by atoms with E-state index in [9.17, 15) is 9.59 Å². The molecule has 30 heavy (non-hydrogen) atoms. The first-order valence-electron chi connectivity index (χ1n) is 10.3. The molecule has 8 heteroatoms. The van der Waals surface area contributed by atoms with E-state index in [1.54, 1.807) is 40.0 Å². The average molecular weight is 418 g/mol. The number of fused-ring (bicyclic) bond motifs is 1. The van der Waals surface area contributed by atoms with Gasteiger partial charge < -0.3 is 19.5 Å². The summed E-state index contributed by atoms with van der Waals surface area (Å²) in [7, 11) is 1.54. The van der Waals surface area contributed by atoms with Crippen molar-refractivity contribution in [1.29, 1.82) is 0 Å². The number of nitrogens with zero attached hydrogens (tertiary/aromatic N) is 2. The number of benzene rings is 1. The highest BCUT2D eigenvalue weighted by atomic mass is 16.5. The van der Waals surface area contributed by atoms with Crippen LogP contribution in [0.1, 0.15) is 40.5 Å². The van der Waals surface area contributed by atoms with Crippen LogP contribution in [-0.2, 0) is 16.3 Å². The van der Waals surface area contributed by atoms with Crippen LogP contribution >= 0.6 is 0 Å². The highest BCUT2D eigenvalue weighted by molar-refractivity contribution is 5.81. The van der Waals surface area contributed by atoms with E-state index < -0.39 is 5.41 Å². The van der Waals surface area contributed by atoms with Crippen LogP contribution in [0.4, 0.5) is 0 Å². The summed E-state index contributed by atoms with van der Waals surface area (Å²) in [5.74, 6) is 1.12. The number of esters is 1. The second kappa shape index (κ2) is 9.04. The quantitative estimate of drug-likeness (QED) is 0.723. The Morgan fingerprint density at radius 2 is 1.97 bits per heavy atom. The Kier molecular flexibility index (Phi) is 6.65. The van der Waals surface area contributed by atoms with E-state index in [1.807, 2.05) is 0 Å². The molecule has 0 amide bonds. The molecule has 1 aliphatic rings. The minimum absolute atomic E-state index is 0.0237. The molecule has 2 aromatic rings. The zero-order chi connectivity index (χ0) is 21.9.